The third kappa shape index (κ3) is 2.08. The van der Waals surface area contributed by atoms with Crippen molar-refractivity contribution in [2.45, 2.75) is 41.2 Å². The van der Waals surface area contributed by atoms with Crippen molar-refractivity contribution in [3.63, 3.8) is 0 Å². The third-order valence-corrected chi connectivity index (χ3v) is 4.15. The van der Waals surface area contributed by atoms with Gasteiger partial charge in [-0.25, -0.2) is 0 Å². The molecule has 1 aromatic carbocycles. The second kappa shape index (κ2) is 4.82. The van der Waals surface area contributed by atoms with Crippen LogP contribution in [0.3, 0.4) is 0 Å². The number of aromatic nitrogens is 2. The fourth-order valence-electron chi connectivity index (χ4n) is 2.86. The van der Waals surface area contributed by atoms with Crippen molar-refractivity contribution in [3.8, 4) is 11.1 Å². The van der Waals surface area contributed by atoms with E-state index in [9.17, 15) is 0 Å². The minimum absolute atomic E-state index is 0.512. The lowest BCUT2D eigenvalue weighted by Crippen LogP contribution is -2.06. The van der Waals surface area contributed by atoms with Crippen LogP contribution in [0.2, 0.25) is 0 Å². The highest BCUT2D eigenvalue weighted by Gasteiger charge is 2.19. The van der Waals surface area contributed by atoms with Crippen LogP contribution in [0.4, 0.5) is 0 Å². The van der Waals surface area contributed by atoms with E-state index in [2.05, 4.69) is 45.8 Å². The first kappa shape index (κ1) is 13.8. The molecule has 0 saturated carbocycles. The molecule has 2 rings (SSSR count). The van der Waals surface area contributed by atoms with E-state index in [1.165, 1.54) is 33.4 Å². The molecule has 102 valence electrons. The van der Waals surface area contributed by atoms with Gasteiger partial charge >= 0.3 is 0 Å². The highest BCUT2D eigenvalue weighted by atomic mass is 15.3. The summed E-state index contributed by atoms with van der Waals surface area (Å²) in [6.45, 7) is 11.3. The smallest absolute Gasteiger partial charge is 0.0675 e. The van der Waals surface area contributed by atoms with E-state index in [-0.39, 0.29) is 0 Å². The lowest BCUT2D eigenvalue weighted by atomic mass is 9.88. The Kier molecular flexibility index (Phi) is 3.50. The lowest BCUT2D eigenvalue weighted by Gasteiger charge is -2.16. The van der Waals surface area contributed by atoms with Gasteiger partial charge in [-0.1, -0.05) is 6.07 Å². The molecular weight excluding hydrogens is 234 g/mol. The fraction of sp³-hybridized carbons (Fsp3) is 0.438. The first-order valence-corrected chi connectivity index (χ1v) is 6.68. The van der Waals surface area contributed by atoms with E-state index in [0.29, 0.717) is 6.54 Å². The molecule has 0 saturated heterocycles. The zero-order valence-corrected chi connectivity index (χ0v) is 12.8. The van der Waals surface area contributed by atoms with Gasteiger partial charge in [0.1, 0.15) is 0 Å². The number of hydrogen-bond acceptors (Lipinski definition) is 2. The molecule has 0 aliphatic carbocycles. The summed E-state index contributed by atoms with van der Waals surface area (Å²) in [7, 11) is 1.96. The van der Waals surface area contributed by atoms with Crippen LogP contribution in [0.25, 0.3) is 11.1 Å². The first-order chi connectivity index (χ1) is 8.88. The van der Waals surface area contributed by atoms with E-state index in [1.807, 2.05) is 11.7 Å². The largest absolute Gasteiger partial charge is 0.325 e. The second-order valence-electron chi connectivity index (χ2n) is 5.37. The number of nitrogens with zero attached hydrogens (tertiary/aromatic N) is 2. The van der Waals surface area contributed by atoms with Crippen LogP contribution < -0.4 is 5.73 Å². The Balaban J connectivity index is 2.86. The highest BCUT2D eigenvalue weighted by molar-refractivity contribution is 5.77. The molecule has 2 aromatic rings. The molecule has 0 aliphatic heterocycles. The Morgan fingerprint density at radius 2 is 1.53 bits per heavy atom. The second-order valence-corrected chi connectivity index (χ2v) is 5.37. The van der Waals surface area contributed by atoms with E-state index in [0.717, 1.165) is 11.4 Å². The zero-order chi connectivity index (χ0) is 14.3. The fourth-order valence-corrected chi connectivity index (χ4v) is 2.86. The number of nitrogens with two attached hydrogens (primary N) is 1. The summed E-state index contributed by atoms with van der Waals surface area (Å²) in [6, 6.07) is 2.25. The summed E-state index contributed by atoms with van der Waals surface area (Å²) in [4.78, 5) is 0. The van der Waals surface area contributed by atoms with Gasteiger partial charge in [-0.15, -0.1) is 0 Å². The van der Waals surface area contributed by atoms with Crippen LogP contribution in [-0.4, -0.2) is 9.78 Å². The van der Waals surface area contributed by atoms with Gasteiger partial charge in [0, 0.05) is 19.2 Å². The summed E-state index contributed by atoms with van der Waals surface area (Å²) in [5.41, 5.74) is 15.9. The van der Waals surface area contributed by atoms with Crippen LogP contribution in [0.5, 0.6) is 0 Å². The van der Waals surface area contributed by atoms with Crippen LogP contribution in [0.1, 0.15) is 33.6 Å². The molecule has 0 spiro atoms. The Hall–Kier alpha value is -1.61. The van der Waals surface area contributed by atoms with Crippen molar-refractivity contribution >= 4 is 0 Å². The standard InChI is InChI=1S/C16H23N3/c1-9-7-10(2)12(4)15(11(9)3)16-13(5)18-19(6)14(16)8-17/h7H,8,17H2,1-6H3. The molecule has 0 radical (unpaired) electrons. The minimum atomic E-state index is 0.512. The molecular formula is C16H23N3. The van der Waals surface area contributed by atoms with Crippen LogP contribution in [0.15, 0.2) is 6.07 Å². The van der Waals surface area contributed by atoms with Gasteiger partial charge in [0.15, 0.2) is 0 Å². The van der Waals surface area contributed by atoms with E-state index >= 15 is 0 Å². The molecule has 2 N–H and O–H groups in total. The van der Waals surface area contributed by atoms with Crippen LogP contribution in [0, 0.1) is 34.6 Å². The normalized spacial score (nSPS) is 11.1. The number of rotatable bonds is 2. The van der Waals surface area contributed by atoms with Crippen LogP contribution in [-0.2, 0) is 13.6 Å². The predicted octanol–water partition coefficient (Wildman–Crippen LogP) is 3.09. The van der Waals surface area contributed by atoms with Crippen LogP contribution >= 0.6 is 0 Å². The molecule has 0 unspecified atom stereocenters. The average molecular weight is 257 g/mol. The summed E-state index contributed by atoms with van der Waals surface area (Å²) in [6.07, 6.45) is 0. The number of hydrogen-bond donors (Lipinski definition) is 1. The zero-order valence-electron chi connectivity index (χ0n) is 12.8. The molecule has 3 heteroatoms. The Bertz CT molecular complexity index is 610. The van der Waals surface area contributed by atoms with E-state index in [4.69, 9.17) is 5.73 Å². The van der Waals surface area contributed by atoms with Gasteiger partial charge < -0.3 is 5.73 Å². The van der Waals surface area contributed by atoms with Gasteiger partial charge in [-0.3, -0.25) is 4.68 Å². The molecule has 1 heterocycles. The van der Waals surface area contributed by atoms with Crippen molar-refractivity contribution in [1.82, 2.24) is 9.78 Å². The molecule has 1 aromatic heterocycles. The van der Waals surface area contributed by atoms with Gasteiger partial charge in [-0.2, -0.15) is 5.10 Å². The molecule has 0 fully saturated rings. The Morgan fingerprint density at radius 3 is 2.00 bits per heavy atom. The quantitative estimate of drug-likeness (QED) is 0.898. The molecule has 3 nitrogen and oxygen atoms in total. The SMILES string of the molecule is Cc1cc(C)c(C)c(-c2c(C)nn(C)c2CN)c1C. The maximum Gasteiger partial charge on any atom is 0.0675 e. The summed E-state index contributed by atoms with van der Waals surface area (Å²) in [5, 5.41) is 4.54. The van der Waals surface area contributed by atoms with Gasteiger partial charge in [-0.05, 0) is 62.4 Å². The van der Waals surface area contributed by atoms with Gasteiger partial charge in [0.05, 0.1) is 11.4 Å². The summed E-state index contributed by atoms with van der Waals surface area (Å²) in [5.74, 6) is 0. The molecule has 0 bridgehead atoms. The van der Waals surface area contributed by atoms with Crippen molar-refractivity contribution < 1.29 is 0 Å². The Morgan fingerprint density at radius 1 is 1.00 bits per heavy atom. The van der Waals surface area contributed by atoms with Gasteiger partial charge in [0.2, 0.25) is 0 Å². The summed E-state index contributed by atoms with van der Waals surface area (Å²) >= 11 is 0. The third-order valence-electron chi connectivity index (χ3n) is 4.15. The van der Waals surface area contributed by atoms with E-state index in [1.54, 1.807) is 0 Å². The van der Waals surface area contributed by atoms with Gasteiger partial charge in [0.25, 0.3) is 0 Å². The predicted molar refractivity (Wildman–Crippen MR) is 80.2 cm³/mol. The monoisotopic (exact) mass is 257 g/mol. The highest BCUT2D eigenvalue weighted by Crippen LogP contribution is 2.35. The first-order valence-electron chi connectivity index (χ1n) is 6.68. The van der Waals surface area contributed by atoms with Crippen molar-refractivity contribution in [3.05, 3.63) is 39.7 Å². The number of benzene rings is 1. The Labute approximate surface area is 115 Å². The molecule has 0 aliphatic rings. The van der Waals surface area contributed by atoms with Crippen molar-refractivity contribution in [2.24, 2.45) is 12.8 Å². The number of aryl methyl sites for hydroxylation is 4. The maximum absolute atomic E-state index is 5.92. The van der Waals surface area contributed by atoms with Crippen molar-refractivity contribution in [2.75, 3.05) is 0 Å². The van der Waals surface area contributed by atoms with Crippen molar-refractivity contribution in [1.29, 1.82) is 0 Å². The van der Waals surface area contributed by atoms with E-state index < -0.39 is 0 Å². The molecule has 19 heavy (non-hydrogen) atoms. The topological polar surface area (TPSA) is 43.8 Å². The maximum atomic E-state index is 5.92. The minimum Gasteiger partial charge on any atom is -0.325 e. The lowest BCUT2D eigenvalue weighted by molar-refractivity contribution is 0.706. The summed E-state index contributed by atoms with van der Waals surface area (Å²) < 4.78 is 1.90. The average Bonchev–Trinajstić information content (AvgIpc) is 2.62. The molecule has 0 amide bonds. The molecule has 0 atom stereocenters.